The van der Waals surface area contributed by atoms with Crippen molar-refractivity contribution in [2.45, 2.75) is 303 Å². The highest BCUT2D eigenvalue weighted by Gasteiger charge is 2.19. The first-order chi connectivity index (χ1) is 34.5. The first-order valence-electron chi connectivity index (χ1n) is 29.9. The summed E-state index contributed by atoms with van der Waals surface area (Å²) < 4.78 is 16.8. The third-order valence-corrected chi connectivity index (χ3v) is 13.0. The lowest BCUT2D eigenvalue weighted by molar-refractivity contribution is -0.166. The van der Waals surface area contributed by atoms with Crippen LogP contribution in [0.1, 0.15) is 297 Å². The molecule has 1 atom stereocenters. The number of allylic oxidation sites excluding steroid dienone is 12. The van der Waals surface area contributed by atoms with Crippen LogP contribution in [0.2, 0.25) is 0 Å². The Morgan fingerprint density at radius 2 is 0.586 bits per heavy atom. The number of hydrogen-bond acceptors (Lipinski definition) is 6. The first-order valence-corrected chi connectivity index (χ1v) is 29.9. The molecule has 0 aromatic carbocycles. The van der Waals surface area contributed by atoms with Gasteiger partial charge in [-0.2, -0.15) is 0 Å². The number of ether oxygens (including phenoxy) is 3. The van der Waals surface area contributed by atoms with Crippen molar-refractivity contribution in [1.82, 2.24) is 0 Å². The molecule has 0 saturated heterocycles. The zero-order valence-corrected chi connectivity index (χ0v) is 46.3. The third kappa shape index (κ3) is 55.8. The molecular formula is C64H112O6. The molecule has 1 unspecified atom stereocenters. The molecule has 0 bridgehead atoms. The lowest BCUT2D eigenvalue weighted by Crippen LogP contribution is -2.30. The van der Waals surface area contributed by atoms with Gasteiger partial charge in [0.25, 0.3) is 0 Å². The molecule has 0 N–H and O–H groups in total. The second-order valence-corrected chi connectivity index (χ2v) is 19.9. The maximum Gasteiger partial charge on any atom is 0.306 e. The van der Waals surface area contributed by atoms with Gasteiger partial charge < -0.3 is 14.2 Å². The predicted molar refractivity (Wildman–Crippen MR) is 302 cm³/mol. The Hall–Kier alpha value is -3.15. The largest absolute Gasteiger partial charge is 0.462 e. The molecule has 70 heavy (non-hydrogen) atoms. The van der Waals surface area contributed by atoms with Gasteiger partial charge in [0, 0.05) is 19.3 Å². The number of carbonyl (C=O) groups is 3. The number of hydrogen-bond donors (Lipinski definition) is 0. The molecule has 0 radical (unpaired) electrons. The van der Waals surface area contributed by atoms with Crippen LogP contribution in [0.15, 0.2) is 72.9 Å². The number of esters is 3. The standard InChI is InChI=1S/C64H112O6/c1-4-7-10-13-16-19-22-25-26-27-28-29-30-31-32-33-34-35-36-37-38-40-42-45-48-51-54-57-63(66)69-60-61(59-68-62(65)56-53-50-47-44-41-24-21-18-15-12-9-6-3)70-64(67)58-55-52-49-46-43-39-23-20-17-14-11-8-5-2/h8,11,17,20,22,25,27-28,39,43,49,52,61H,4-7,9-10,12-16,18-19,21,23-24,26,29-38,40-42,44-48,50-51,53-60H2,1-3H3/b11-8-,20-17-,25-22-,28-27-,43-39-,52-49-. The quantitative estimate of drug-likeness (QED) is 0.0261. The Labute approximate surface area is 433 Å². The van der Waals surface area contributed by atoms with Crippen LogP contribution in [0.25, 0.3) is 0 Å². The van der Waals surface area contributed by atoms with Gasteiger partial charge in [0.1, 0.15) is 13.2 Å². The minimum Gasteiger partial charge on any atom is -0.462 e. The zero-order valence-electron chi connectivity index (χ0n) is 46.3. The maximum absolute atomic E-state index is 12.8. The van der Waals surface area contributed by atoms with E-state index in [1.54, 1.807) is 0 Å². The summed E-state index contributed by atoms with van der Waals surface area (Å²) in [6.07, 6.45) is 75.0. The van der Waals surface area contributed by atoms with E-state index in [0.717, 1.165) is 70.6 Å². The SMILES string of the molecule is CC/C=C\C/C=C\C/C=C\C/C=C\CCC(=O)OC(COC(=O)CCCCCCCCCCCCCC)COC(=O)CCCCCCCCCCCCCCCCC/C=C\C/C=C\CCCCCCC. The van der Waals surface area contributed by atoms with E-state index in [9.17, 15) is 14.4 Å². The molecule has 0 aliphatic rings. The normalized spacial score (nSPS) is 12.6. The number of rotatable bonds is 54. The summed E-state index contributed by atoms with van der Waals surface area (Å²) in [4.78, 5) is 38.0. The fourth-order valence-corrected chi connectivity index (χ4v) is 8.49. The third-order valence-electron chi connectivity index (χ3n) is 13.0. The summed E-state index contributed by atoms with van der Waals surface area (Å²) in [5.74, 6) is -0.974. The van der Waals surface area contributed by atoms with Crippen LogP contribution in [0.4, 0.5) is 0 Å². The van der Waals surface area contributed by atoms with Gasteiger partial charge in [0.05, 0.1) is 0 Å². The summed E-state index contributed by atoms with van der Waals surface area (Å²) in [5, 5.41) is 0. The molecule has 0 saturated carbocycles. The minimum atomic E-state index is -0.810. The van der Waals surface area contributed by atoms with Crippen LogP contribution in [-0.4, -0.2) is 37.2 Å². The van der Waals surface area contributed by atoms with Crippen LogP contribution >= 0.6 is 0 Å². The molecule has 0 spiro atoms. The molecule has 0 aromatic heterocycles. The second kappa shape index (κ2) is 58.4. The van der Waals surface area contributed by atoms with Gasteiger partial charge in [-0.1, -0.05) is 273 Å². The van der Waals surface area contributed by atoms with Crippen LogP contribution in [-0.2, 0) is 28.6 Å². The van der Waals surface area contributed by atoms with E-state index in [2.05, 4.69) is 87.6 Å². The molecule has 6 nitrogen and oxygen atoms in total. The maximum atomic E-state index is 12.8. The average molecular weight is 978 g/mol. The molecule has 404 valence electrons. The summed E-state index contributed by atoms with van der Waals surface area (Å²) in [6.45, 7) is 6.47. The van der Waals surface area contributed by atoms with Crippen molar-refractivity contribution in [2.24, 2.45) is 0 Å². The molecule has 0 heterocycles. The topological polar surface area (TPSA) is 78.9 Å². The van der Waals surface area contributed by atoms with Gasteiger partial charge >= 0.3 is 17.9 Å². The van der Waals surface area contributed by atoms with E-state index in [4.69, 9.17) is 14.2 Å². The average Bonchev–Trinajstić information content (AvgIpc) is 3.36. The van der Waals surface area contributed by atoms with E-state index in [-0.39, 0.29) is 37.5 Å². The molecular weight excluding hydrogens is 865 g/mol. The molecule has 0 aromatic rings. The van der Waals surface area contributed by atoms with E-state index >= 15 is 0 Å². The van der Waals surface area contributed by atoms with E-state index in [0.29, 0.717) is 19.3 Å². The van der Waals surface area contributed by atoms with Crippen LogP contribution in [0, 0.1) is 0 Å². The van der Waals surface area contributed by atoms with E-state index in [1.165, 1.54) is 180 Å². The Kier molecular flexibility index (Phi) is 55.8. The fraction of sp³-hybridized carbons (Fsp3) is 0.766. The van der Waals surface area contributed by atoms with Crippen molar-refractivity contribution in [3.05, 3.63) is 72.9 Å². The van der Waals surface area contributed by atoms with Crippen molar-refractivity contribution in [2.75, 3.05) is 13.2 Å². The zero-order chi connectivity index (χ0) is 50.7. The summed E-state index contributed by atoms with van der Waals surface area (Å²) in [5.41, 5.74) is 0. The van der Waals surface area contributed by atoms with Gasteiger partial charge in [0.2, 0.25) is 0 Å². The molecule has 0 aliphatic heterocycles. The van der Waals surface area contributed by atoms with Crippen molar-refractivity contribution >= 4 is 17.9 Å². The molecule has 6 heteroatoms. The first kappa shape index (κ1) is 66.9. The summed E-state index contributed by atoms with van der Waals surface area (Å²) in [6, 6.07) is 0. The molecule has 0 amide bonds. The summed E-state index contributed by atoms with van der Waals surface area (Å²) >= 11 is 0. The molecule has 0 aliphatic carbocycles. The van der Waals surface area contributed by atoms with Crippen LogP contribution < -0.4 is 0 Å². The molecule has 0 rings (SSSR count). The van der Waals surface area contributed by atoms with Gasteiger partial charge in [-0.3, -0.25) is 14.4 Å². The fourth-order valence-electron chi connectivity index (χ4n) is 8.49. The number of carbonyl (C=O) groups excluding carboxylic acids is 3. The Morgan fingerprint density at radius 3 is 0.929 bits per heavy atom. The number of unbranched alkanes of at least 4 members (excludes halogenated alkanes) is 31. The minimum absolute atomic E-state index is 0.101. The van der Waals surface area contributed by atoms with Gasteiger partial charge in [-0.25, -0.2) is 0 Å². The van der Waals surface area contributed by atoms with E-state index in [1.807, 2.05) is 6.08 Å². The Bertz CT molecular complexity index is 1310. The van der Waals surface area contributed by atoms with Gasteiger partial charge in [0.15, 0.2) is 6.10 Å². The highest BCUT2D eigenvalue weighted by molar-refractivity contribution is 5.71. The predicted octanol–water partition coefficient (Wildman–Crippen LogP) is 20.2. The second-order valence-electron chi connectivity index (χ2n) is 19.9. The smallest absolute Gasteiger partial charge is 0.306 e. The van der Waals surface area contributed by atoms with Crippen LogP contribution in [0.5, 0.6) is 0 Å². The lowest BCUT2D eigenvalue weighted by Gasteiger charge is -2.18. The van der Waals surface area contributed by atoms with Crippen molar-refractivity contribution in [3.8, 4) is 0 Å². The Balaban J connectivity index is 4.23. The summed E-state index contributed by atoms with van der Waals surface area (Å²) in [7, 11) is 0. The Morgan fingerprint density at radius 1 is 0.300 bits per heavy atom. The van der Waals surface area contributed by atoms with E-state index < -0.39 is 6.10 Å². The van der Waals surface area contributed by atoms with Crippen molar-refractivity contribution in [3.63, 3.8) is 0 Å². The van der Waals surface area contributed by atoms with Crippen LogP contribution in [0.3, 0.4) is 0 Å². The highest BCUT2D eigenvalue weighted by Crippen LogP contribution is 2.16. The van der Waals surface area contributed by atoms with Crippen molar-refractivity contribution in [1.29, 1.82) is 0 Å². The van der Waals surface area contributed by atoms with Gasteiger partial charge in [-0.15, -0.1) is 0 Å². The lowest BCUT2D eigenvalue weighted by atomic mass is 10.0. The van der Waals surface area contributed by atoms with Crippen molar-refractivity contribution < 1.29 is 28.6 Å². The van der Waals surface area contributed by atoms with Gasteiger partial charge in [-0.05, 0) is 77.0 Å². The molecule has 0 fully saturated rings. The highest BCUT2D eigenvalue weighted by atomic mass is 16.6. The monoisotopic (exact) mass is 977 g/mol.